The first-order valence-electron chi connectivity index (χ1n) is 13.9. The van der Waals surface area contributed by atoms with Crippen LogP contribution in [0, 0.1) is 0 Å². The van der Waals surface area contributed by atoms with Crippen molar-refractivity contribution in [3.63, 3.8) is 0 Å². The van der Waals surface area contributed by atoms with Gasteiger partial charge in [-0.2, -0.15) is 0 Å². The Labute approximate surface area is 213 Å². The van der Waals surface area contributed by atoms with Gasteiger partial charge in [0.2, 0.25) is 0 Å². The number of aromatic nitrogens is 1. The second-order valence-electron chi connectivity index (χ2n) is 9.60. The number of ether oxygens (including phenoxy) is 3. The molecule has 1 aliphatic heterocycles. The molecule has 0 aliphatic carbocycles. The highest BCUT2D eigenvalue weighted by Gasteiger charge is 2.24. The Kier molecular flexibility index (Phi) is 12.7. The van der Waals surface area contributed by atoms with Crippen molar-refractivity contribution >= 4 is 5.76 Å². The summed E-state index contributed by atoms with van der Waals surface area (Å²) in [7, 11) is 0. The summed E-state index contributed by atoms with van der Waals surface area (Å²) in [5.41, 5.74) is 4.51. The highest BCUT2D eigenvalue weighted by atomic mass is 16.7. The molecular formula is C31H45NO3. The molecule has 2 aromatic rings. The largest absolute Gasteiger partial charge is 0.454 e. The molecule has 0 radical (unpaired) electrons. The third-order valence-electron chi connectivity index (χ3n) is 6.61. The van der Waals surface area contributed by atoms with Crippen LogP contribution >= 0.6 is 0 Å². The van der Waals surface area contributed by atoms with Crippen molar-refractivity contribution in [1.82, 2.24) is 4.98 Å². The molecule has 0 bridgehead atoms. The Hall–Kier alpha value is -2.33. The first-order valence-corrected chi connectivity index (χ1v) is 13.9. The molecule has 0 fully saturated rings. The molecule has 0 N–H and O–H groups in total. The fraction of sp³-hybridized carbons (Fsp3) is 0.581. The molecule has 192 valence electrons. The molecule has 0 spiro atoms. The van der Waals surface area contributed by atoms with Crippen LogP contribution in [-0.2, 0) is 27.1 Å². The zero-order valence-electron chi connectivity index (χ0n) is 22.0. The monoisotopic (exact) mass is 479 g/mol. The Morgan fingerprint density at radius 3 is 2.26 bits per heavy atom. The maximum atomic E-state index is 6.21. The smallest absolute Gasteiger partial charge is 0.267 e. The predicted octanol–water partition coefficient (Wildman–Crippen LogP) is 8.56. The van der Waals surface area contributed by atoms with Crippen molar-refractivity contribution in [3.05, 3.63) is 71.2 Å². The van der Waals surface area contributed by atoms with E-state index < -0.39 is 6.29 Å². The van der Waals surface area contributed by atoms with E-state index in [9.17, 15) is 0 Å². The van der Waals surface area contributed by atoms with E-state index >= 15 is 0 Å². The quantitative estimate of drug-likeness (QED) is 0.201. The van der Waals surface area contributed by atoms with E-state index in [1.165, 1.54) is 63.4 Å². The van der Waals surface area contributed by atoms with Gasteiger partial charge in [0.1, 0.15) is 6.26 Å². The van der Waals surface area contributed by atoms with Gasteiger partial charge in [0, 0.05) is 36.2 Å². The fourth-order valence-corrected chi connectivity index (χ4v) is 4.44. The number of nitrogens with zero attached hydrogens (tertiary/aromatic N) is 1. The number of aryl methyl sites for hydroxylation is 2. The molecule has 0 amide bonds. The first kappa shape index (κ1) is 27.3. The van der Waals surface area contributed by atoms with Crippen LogP contribution in [0.15, 0.2) is 48.9 Å². The molecule has 1 unspecified atom stereocenters. The van der Waals surface area contributed by atoms with Crippen molar-refractivity contribution in [2.75, 3.05) is 13.2 Å². The van der Waals surface area contributed by atoms with E-state index in [-0.39, 0.29) is 0 Å². The van der Waals surface area contributed by atoms with Gasteiger partial charge in [-0.25, -0.2) is 0 Å². The third kappa shape index (κ3) is 9.68. The predicted molar refractivity (Wildman–Crippen MR) is 144 cm³/mol. The molecule has 1 aromatic heterocycles. The van der Waals surface area contributed by atoms with Crippen LogP contribution in [0.1, 0.15) is 113 Å². The zero-order chi connectivity index (χ0) is 24.6. The third-order valence-corrected chi connectivity index (χ3v) is 6.61. The molecule has 35 heavy (non-hydrogen) atoms. The van der Waals surface area contributed by atoms with Crippen LogP contribution in [0.25, 0.3) is 5.76 Å². The van der Waals surface area contributed by atoms with Gasteiger partial charge in [0.05, 0.1) is 0 Å². The van der Waals surface area contributed by atoms with Crippen LogP contribution in [-0.4, -0.2) is 18.2 Å². The van der Waals surface area contributed by atoms with Gasteiger partial charge in [-0.3, -0.25) is 4.98 Å². The second kappa shape index (κ2) is 16.4. The average Bonchev–Trinajstić information content (AvgIpc) is 3.38. The lowest BCUT2D eigenvalue weighted by atomic mass is 10.0. The first-order chi connectivity index (χ1) is 17.3. The summed E-state index contributed by atoms with van der Waals surface area (Å²) >= 11 is 0. The van der Waals surface area contributed by atoms with Crippen molar-refractivity contribution in [2.45, 2.75) is 104 Å². The minimum atomic E-state index is -0.394. The van der Waals surface area contributed by atoms with Gasteiger partial charge < -0.3 is 14.2 Å². The van der Waals surface area contributed by atoms with Crippen molar-refractivity contribution in [2.24, 2.45) is 0 Å². The summed E-state index contributed by atoms with van der Waals surface area (Å²) in [5.74, 6) is 0.753. The van der Waals surface area contributed by atoms with Gasteiger partial charge in [-0.15, -0.1) is 0 Å². The lowest BCUT2D eigenvalue weighted by Gasteiger charge is -2.16. The molecule has 2 heterocycles. The van der Waals surface area contributed by atoms with Crippen molar-refractivity contribution in [3.8, 4) is 0 Å². The van der Waals surface area contributed by atoms with Gasteiger partial charge >= 0.3 is 0 Å². The van der Waals surface area contributed by atoms with E-state index in [1.807, 2.05) is 6.20 Å². The molecule has 1 aromatic carbocycles. The summed E-state index contributed by atoms with van der Waals surface area (Å²) in [6, 6.07) is 12.7. The summed E-state index contributed by atoms with van der Waals surface area (Å²) in [5, 5.41) is 0. The van der Waals surface area contributed by atoms with Crippen LogP contribution in [0.4, 0.5) is 0 Å². The lowest BCUT2D eigenvalue weighted by Crippen LogP contribution is -2.05. The van der Waals surface area contributed by atoms with Gasteiger partial charge in [0.15, 0.2) is 5.76 Å². The van der Waals surface area contributed by atoms with Gasteiger partial charge in [-0.05, 0) is 56.2 Å². The number of hydrogen-bond acceptors (Lipinski definition) is 4. The van der Waals surface area contributed by atoms with Crippen LogP contribution in [0.5, 0.6) is 0 Å². The zero-order valence-corrected chi connectivity index (χ0v) is 22.0. The lowest BCUT2D eigenvalue weighted by molar-refractivity contribution is -0.0177. The number of rotatable bonds is 18. The van der Waals surface area contributed by atoms with Crippen LogP contribution in [0.2, 0.25) is 0 Å². The number of benzene rings is 1. The molecule has 0 saturated heterocycles. The van der Waals surface area contributed by atoms with E-state index in [4.69, 9.17) is 14.2 Å². The maximum Gasteiger partial charge on any atom is 0.267 e. The molecule has 1 atom stereocenters. The molecule has 0 saturated carbocycles. The number of pyridine rings is 1. The molecule has 3 rings (SSSR count). The minimum absolute atomic E-state index is 0.394. The van der Waals surface area contributed by atoms with E-state index in [1.54, 1.807) is 6.26 Å². The fourth-order valence-electron chi connectivity index (χ4n) is 4.44. The summed E-state index contributed by atoms with van der Waals surface area (Å²) in [6.07, 6.45) is 18.9. The standard InChI is InChI=1S/C31H45NO3/c1-3-5-7-9-10-18-28-21-20-27(24-32-28)30-25-34-31(35-30)29-19-12-11-16-26(29)17-13-15-23-33-22-14-8-6-4-2/h11-12,16,19-21,24-25,31H,3-10,13-15,17-18,22-23H2,1-2H3. The highest BCUT2D eigenvalue weighted by Crippen LogP contribution is 2.35. The number of unbranched alkanes of at least 4 members (excludes halogenated alkanes) is 8. The van der Waals surface area contributed by atoms with E-state index in [2.05, 4.69) is 55.2 Å². The topological polar surface area (TPSA) is 40.6 Å². The Bertz CT molecular complexity index is 862. The highest BCUT2D eigenvalue weighted by molar-refractivity contribution is 5.59. The summed E-state index contributed by atoms with van der Waals surface area (Å²) in [6.45, 7) is 6.23. The maximum absolute atomic E-state index is 6.21. The van der Waals surface area contributed by atoms with Crippen molar-refractivity contribution in [1.29, 1.82) is 0 Å². The SMILES string of the molecule is CCCCCCCc1ccc(C2=COC(c3ccccc3CCCCOCCCCCC)O2)cn1. The van der Waals surface area contributed by atoms with E-state index in [0.29, 0.717) is 0 Å². The molecular weight excluding hydrogens is 434 g/mol. The van der Waals surface area contributed by atoms with Crippen LogP contribution < -0.4 is 0 Å². The van der Waals surface area contributed by atoms with Crippen LogP contribution in [0.3, 0.4) is 0 Å². The molecule has 4 nitrogen and oxygen atoms in total. The number of hydrogen-bond donors (Lipinski definition) is 0. The minimum Gasteiger partial charge on any atom is -0.454 e. The molecule has 1 aliphatic rings. The second-order valence-corrected chi connectivity index (χ2v) is 9.60. The summed E-state index contributed by atoms with van der Waals surface area (Å²) in [4.78, 5) is 4.65. The Morgan fingerprint density at radius 1 is 0.771 bits per heavy atom. The van der Waals surface area contributed by atoms with Gasteiger partial charge in [0.25, 0.3) is 6.29 Å². The van der Waals surface area contributed by atoms with Gasteiger partial charge in [-0.1, -0.05) is 83.1 Å². The Morgan fingerprint density at radius 2 is 1.49 bits per heavy atom. The Balaban J connectivity index is 1.41. The molecule has 4 heteroatoms. The normalized spacial score (nSPS) is 15.0. The van der Waals surface area contributed by atoms with E-state index in [0.717, 1.165) is 61.5 Å². The summed E-state index contributed by atoms with van der Waals surface area (Å²) < 4.78 is 17.9. The van der Waals surface area contributed by atoms with Crippen molar-refractivity contribution < 1.29 is 14.2 Å². The average molecular weight is 480 g/mol.